The van der Waals surface area contributed by atoms with Crippen molar-refractivity contribution in [2.75, 3.05) is 13.2 Å². The summed E-state index contributed by atoms with van der Waals surface area (Å²) >= 11 is 0. The maximum Gasteiger partial charge on any atom is 0.347 e. The number of carbonyl (C=O) groups is 2. The number of phenolic OH excluding ortho intramolecular Hbond substituents is 2. The van der Waals surface area contributed by atoms with E-state index in [1.807, 2.05) is 0 Å². The van der Waals surface area contributed by atoms with Crippen LogP contribution in [0.25, 0.3) is 0 Å². The lowest BCUT2D eigenvalue weighted by molar-refractivity contribution is 0.0721. The van der Waals surface area contributed by atoms with Crippen LogP contribution in [0.5, 0.6) is 34.5 Å². The largest absolute Gasteiger partial charge is 0.507 e. The molecule has 0 aliphatic carbocycles. The quantitative estimate of drug-likeness (QED) is 0.0931. The Bertz CT molecular complexity index is 1340. The molecule has 8 heteroatoms. The Labute approximate surface area is 245 Å². The second kappa shape index (κ2) is 15.1. The van der Waals surface area contributed by atoms with Crippen molar-refractivity contribution in [3.05, 3.63) is 108 Å². The van der Waals surface area contributed by atoms with Crippen molar-refractivity contribution in [1.29, 1.82) is 0 Å². The van der Waals surface area contributed by atoms with Crippen molar-refractivity contribution >= 4 is 11.9 Å². The maximum absolute atomic E-state index is 12.2. The third-order valence-corrected chi connectivity index (χ3v) is 6.54. The number of carbonyl (C=O) groups excluding carboxylic acids is 2. The molecule has 0 aromatic heterocycles. The molecule has 0 aliphatic rings. The molecule has 0 bridgehead atoms. The topological polar surface area (TPSA) is 112 Å². The van der Waals surface area contributed by atoms with Crippen LogP contribution in [0.15, 0.2) is 97.1 Å². The molecular weight excluding hydrogens is 536 g/mol. The lowest BCUT2D eigenvalue weighted by atomic mass is 10.0. The minimum atomic E-state index is -0.622. The summed E-state index contributed by atoms with van der Waals surface area (Å²) in [5.41, 5.74) is 0.221. The Morgan fingerprint density at radius 1 is 0.571 bits per heavy atom. The van der Waals surface area contributed by atoms with Crippen molar-refractivity contribution in [3.63, 3.8) is 0 Å². The van der Waals surface area contributed by atoms with Crippen LogP contribution < -0.4 is 18.9 Å². The second-order valence-electron chi connectivity index (χ2n) is 9.84. The summed E-state index contributed by atoms with van der Waals surface area (Å²) in [5, 5.41) is 19.6. The molecule has 2 N–H and O–H groups in total. The molecule has 0 saturated heterocycles. The van der Waals surface area contributed by atoms with E-state index in [0.29, 0.717) is 42.1 Å². The number of esters is 2. The zero-order valence-electron chi connectivity index (χ0n) is 23.4. The lowest BCUT2D eigenvalue weighted by Crippen LogP contribution is -2.08. The number of para-hydroxylation sites is 2. The highest BCUT2D eigenvalue weighted by Gasteiger charge is 2.14. The predicted octanol–water partition coefficient (Wildman–Crippen LogP) is 7.19. The second-order valence-corrected chi connectivity index (χ2v) is 9.84. The van der Waals surface area contributed by atoms with Crippen molar-refractivity contribution in [1.82, 2.24) is 0 Å². The van der Waals surface area contributed by atoms with E-state index in [1.165, 1.54) is 24.3 Å². The summed E-state index contributed by atoms with van der Waals surface area (Å²) in [5.74, 6) is 1.16. The summed E-state index contributed by atoms with van der Waals surface area (Å²) in [4.78, 5) is 24.4. The zero-order chi connectivity index (χ0) is 29.7. The van der Waals surface area contributed by atoms with E-state index < -0.39 is 11.9 Å². The van der Waals surface area contributed by atoms with Crippen LogP contribution in [-0.2, 0) is 0 Å². The minimum Gasteiger partial charge on any atom is -0.507 e. The van der Waals surface area contributed by atoms with E-state index in [-0.39, 0.29) is 22.6 Å². The minimum absolute atomic E-state index is 0.110. The van der Waals surface area contributed by atoms with Crippen molar-refractivity contribution in [2.45, 2.75) is 32.6 Å². The molecule has 218 valence electrons. The highest BCUT2D eigenvalue weighted by Crippen LogP contribution is 2.24. The number of aromatic hydroxyl groups is 2. The van der Waals surface area contributed by atoms with Crippen LogP contribution >= 0.6 is 0 Å². The highest BCUT2D eigenvalue weighted by molar-refractivity contribution is 5.94. The summed E-state index contributed by atoms with van der Waals surface area (Å²) in [6.45, 7) is 3.37. The average molecular weight is 571 g/mol. The molecule has 0 aliphatic heterocycles. The van der Waals surface area contributed by atoms with E-state index in [2.05, 4.69) is 6.92 Å². The molecule has 8 nitrogen and oxygen atoms in total. The van der Waals surface area contributed by atoms with Gasteiger partial charge in [-0.3, -0.25) is 0 Å². The average Bonchev–Trinajstić information content (AvgIpc) is 2.99. The molecular formula is C34H34O8. The molecule has 0 heterocycles. The van der Waals surface area contributed by atoms with Crippen LogP contribution in [0.2, 0.25) is 0 Å². The molecule has 4 aromatic carbocycles. The predicted molar refractivity (Wildman–Crippen MR) is 158 cm³/mol. The fourth-order valence-electron chi connectivity index (χ4n) is 4.21. The first kappa shape index (κ1) is 30.0. The van der Waals surface area contributed by atoms with Gasteiger partial charge in [-0.05, 0) is 104 Å². The Hall–Kier alpha value is -4.98. The standard InChI is InChI=1S/C34H34O8/c1-24(8-6-22-39-25-14-18-27(19-15-25)41-33(37)29-10-2-4-12-31(29)35)9-7-23-40-26-16-20-28(21-17-26)42-34(38)30-11-3-5-13-32(30)36/h2-5,10-21,24,35-36H,6-9,22-23H2,1H3. The van der Waals surface area contributed by atoms with E-state index in [4.69, 9.17) is 18.9 Å². The molecule has 4 rings (SSSR count). The number of benzene rings is 4. The molecule has 0 unspecified atom stereocenters. The smallest absolute Gasteiger partial charge is 0.347 e. The van der Waals surface area contributed by atoms with Crippen molar-refractivity contribution in [3.8, 4) is 34.5 Å². The van der Waals surface area contributed by atoms with Gasteiger partial charge in [0, 0.05) is 0 Å². The normalized spacial score (nSPS) is 10.7. The number of hydrogen-bond acceptors (Lipinski definition) is 8. The van der Waals surface area contributed by atoms with E-state index in [0.717, 1.165) is 25.7 Å². The van der Waals surface area contributed by atoms with Crippen LogP contribution in [0.1, 0.15) is 53.3 Å². The fourth-order valence-corrected chi connectivity index (χ4v) is 4.21. The van der Waals surface area contributed by atoms with Gasteiger partial charge in [0.25, 0.3) is 0 Å². The van der Waals surface area contributed by atoms with Gasteiger partial charge < -0.3 is 29.2 Å². The monoisotopic (exact) mass is 570 g/mol. The van der Waals surface area contributed by atoms with E-state index in [9.17, 15) is 19.8 Å². The van der Waals surface area contributed by atoms with E-state index >= 15 is 0 Å². The van der Waals surface area contributed by atoms with Crippen molar-refractivity contribution in [2.24, 2.45) is 5.92 Å². The maximum atomic E-state index is 12.2. The van der Waals surface area contributed by atoms with Gasteiger partial charge in [0.05, 0.1) is 13.2 Å². The van der Waals surface area contributed by atoms with Gasteiger partial charge in [-0.2, -0.15) is 0 Å². The van der Waals surface area contributed by atoms with Crippen LogP contribution in [0, 0.1) is 5.92 Å². The molecule has 0 radical (unpaired) electrons. The van der Waals surface area contributed by atoms with Crippen molar-refractivity contribution < 1.29 is 38.7 Å². The SMILES string of the molecule is CC(CCCOc1ccc(OC(=O)c2ccccc2O)cc1)CCCOc1ccc(OC(=O)c2ccccc2O)cc1. The van der Waals surface area contributed by atoms with Crippen LogP contribution in [0.4, 0.5) is 0 Å². The van der Waals surface area contributed by atoms with Crippen LogP contribution in [-0.4, -0.2) is 35.4 Å². The van der Waals surface area contributed by atoms with Gasteiger partial charge in [-0.1, -0.05) is 31.2 Å². The molecule has 0 saturated carbocycles. The summed E-state index contributed by atoms with van der Waals surface area (Å²) < 4.78 is 22.3. The fraction of sp³-hybridized carbons (Fsp3) is 0.235. The molecule has 0 fully saturated rings. The molecule has 4 aromatic rings. The Balaban J connectivity index is 1.07. The molecule has 0 amide bonds. The first-order valence-corrected chi connectivity index (χ1v) is 13.8. The molecule has 42 heavy (non-hydrogen) atoms. The van der Waals surface area contributed by atoms with Gasteiger partial charge >= 0.3 is 11.9 Å². The highest BCUT2D eigenvalue weighted by atomic mass is 16.5. The first-order valence-electron chi connectivity index (χ1n) is 13.8. The molecule has 0 spiro atoms. The van der Waals surface area contributed by atoms with Crippen LogP contribution in [0.3, 0.4) is 0 Å². The first-order chi connectivity index (χ1) is 20.4. The molecule has 0 atom stereocenters. The third kappa shape index (κ3) is 9.02. The van der Waals surface area contributed by atoms with Gasteiger partial charge in [0.1, 0.15) is 45.6 Å². The van der Waals surface area contributed by atoms with Gasteiger partial charge in [0.15, 0.2) is 0 Å². The Kier molecular flexibility index (Phi) is 10.8. The number of rotatable bonds is 14. The summed E-state index contributed by atoms with van der Waals surface area (Å²) in [6, 6.07) is 26.1. The Morgan fingerprint density at radius 3 is 1.31 bits per heavy atom. The summed E-state index contributed by atoms with van der Waals surface area (Å²) in [6.07, 6.45) is 3.86. The van der Waals surface area contributed by atoms with Gasteiger partial charge in [-0.25, -0.2) is 9.59 Å². The van der Waals surface area contributed by atoms with Gasteiger partial charge in [0.2, 0.25) is 0 Å². The number of ether oxygens (including phenoxy) is 4. The Morgan fingerprint density at radius 2 is 0.929 bits per heavy atom. The van der Waals surface area contributed by atoms with Gasteiger partial charge in [-0.15, -0.1) is 0 Å². The third-order valence-electron chi connectivity index (χ3n) is 6.54. The number of hydrogen-bond donors (Lipinski definition) is 2. The zero-order valence-corrected chi connectivity index (χ0v) is 23.4. The van der Waals surface area contributed by atoms with E-state index in [1.54, 1.807) is 72.8 Å². The number of phenols is 2. The summed E-state index contributed by atoms with van der Waals surface area (Å²) in [7, 11) is 0. The lowest BCUT2D eigenvalue weighted by Gasteiger charge is -2.13.